The number of carbonyl (C=O) groups is 1. The van der Waals surface area contributed by atoms with E-state index in [0.717, 1.165) is 5.56 Å². The number of rotatable bonds is 2. The molecule has 4 nitrogen and oxygen atoms in total. The van der Waals surface area contributed by atoms with E-state index in [9.17, 15) is 14.7 Å². The predicted molar refractivity (Wildman–Crippen MR) is 90.8 cm³/mol. The molecule has 1 aromatic heterocycles. The number of hydrogen-bond donors (Lipinski definition) is 1. The van der Waals surface area contributed by atoms with Gasteiger partial charge >= 0.3 is 5.97 Å². The molecule has 0 atom stereocenters. The van der Waals surface area contributed by atoms with Gasteiger partial charge in [0, 0.05) is 10.8 Å². The van der Waals surface area contributed by atoms with Crippen molar-refractivity contribution in [2.75, 3.05) is 0 Å². The van der Waals surface area contributed by atoms with Gasteiger partial charge in [0.2, 0.25) is 0 Å². The number of carboxylic acid groups (broad SMARTS) is 1. The Morgan fingerprint density at radius 3 is 2.64 bits per heavy atom. The molecule has 112 valence electrons. The molecule has 0 amide bonds. The Bertz CT molecular complexity index is 994. The van der Waals surface area contributed by atoms with Crippen LogP contribution in [0, 0.1) is 6.92 Å². The van der Waals surface area contributed by atoms with Gasteiger partial charge in [-0.15, -0.1) is 0 Å². The lowest BCUT2D eigenvalue weighted by molar-refractivity contribution is -0.137. The molecule has 3 rings (SSSR count). The van der Waals surface area contributed by atoms with Crippen molar-refractivity contribution in [3.8, 4) is 0 Å². The first-order valence-corrected chi connectivity index (χ1v) is 7.70. The molecule has 0 radical (unpaired) electrons. The summed E-state index contributed by atoms with van der Waals surface area (Å²) < 4.78 is 2.13. The van der Waals surface area contributed by atoms with Crippen molar-refractivity contribution in [3.63, 3.8) is 0 Å². The molecule has 0 bridgehead atoms. The number of nitrogens with zero attached hydrogens (tertiary/aromatic N) is 1. The van der Waals surface area contributed by atoms with Crippen LogP contribution in [0.5, 0.6) is 0 Å². The SMILES string of the molecule is Cc1ccc2c(=O)c3ccc(Cl)c(Br)c3n(CC(=O)O)c2c1. The van der Waals surface area contributed by atoms with Crippen molar-refractivity contribution in [2.24, 2.45) is 0 Å². The molecule has 1 heterocycles. The average Bonchev–Trinajstić information content (AvgIpc) is 2.46. The molecule has 1 N–H and O–H groups in total. The van der Waals surface area contributed by atoms with Crippen molar-refractivity contribution < 1.29 is 9.90 Å². The third-order valence-corrected chi connectivity index (χ3v) is 4.91. The highest BCUT2D eigenvalue weighted by atomic mass is 79.9. The minimum Gasteiger partial charge on any atom is -0.480 e. The van der Waals surface area contributed by atoms with Crippen molar-refractivity contribution >= 4 is 55.3 Å². The van der Waals surface area contributed by atoms with Gasteiger partial charge in [0.05, 0.1) is 20.5 Å². The Hall–Kier alpha value is -1.85. The van der Waals surface area contributed by atoms with E-state index in [-0.39, 0.29) is 12.0 Å². The van der Waals surface area contributed by atoms with E-state index in [4.69, 9.17) is 11.6 Å². The van der Waals surface area contributed by atoms with Gasteiger partial charge in [-0.1, -0.05) is 17.7 Å². The molecular weight excluding hydrogens is 370 g/mol. The van der Waals surface area contributed by atoms with Crippen LogP contribution in [0.15, 0.2) is 39.6 Å². The van der Waals surface area contributed by atoms with E-state index < -0.39 is 5.97 Å². The third kappa shape index (κ3) is 2.30. The maximum Gasteiger partial charge on any atom is 0.323 e. The molecule has 3 aromatic rings. The van der Waals surface area contributed by atoms with E-state index >= 15 is 0 Å². The molecule has 6 heteroatoms. The lowest BCUT2D eigenvalue weighted by atomic mass is 10.1. The molecular formula is C16H11BrClNO3. The smallest absolute Gasteiger partial charge is 0.323 e. The Labute approximate surface area is 139 Å². The summed E-state index contributed by atoms with van der Waals surface area (Å²) >= 11 is 9.50. The van der Waals surface area contributed by atoms with Crippen LogP contribution in [0.1, 0.15) is 5.56 Å². The predicted octanol–water partition coefficient (Wildman–Crippen LogP) is 3.96. The molecule has 0 saturated heterocycles. The first-order valence-electron chi connectivity index (χ1n) is 6.53. The number of aryl methyl sites for hydroxylation is 1. The first-order chi connectivity index (χ1) is 10.4. The molecule has 2 aromatic carbocycles. The third-order valence-electron chi connectivity index (χ3n) is 3.57. The quantitative estimate of drug-likeness (QED) is 0.685. The zero-order valence-corrected chi connectivity index (χ0v) is 13.9. The summed E-state index contributed by atoms with van der Waals surface area (Å²) in [7, 11) is 0. The number of hydrogen-bond acceptors (Lipinski definition) is 2. The van der Waals surface area contributed by atoms with Crippen LogP contribution in [0.4, 0.5) is 0 Å². The fraction of sp³-hybridized carbons (Fsp3) is 0.125. The summed E-state index contributed by atoms with van der Waals surface area (Å²) in [6.45, 7) is 1.64. The van der Waals surface area contributed by atoms with Gasteiger partial charge in [0.15, 0.2) is 5.43 Å². The van der Waals surface area contributed by atoms with Gasteiger partial charge in [-0.2, -0.15) is 0 Å². The van der Waals surface area contributed by atoms with Crippen LogP contribution < -0.4 is 5.43 Å². The van der Waals surface area contributed by atoms with Crippen LogP contribution in [-0.2, 0) is 11.3 Å². The minimum atomic E-state index is -0.986. The molecule has 0 aliphatic heterocycles. The fourth-order valence-electron chi connectivity index (χ4n) is 2.61. The van der Waals surface area contributed by atoms with E-state index in [1.165, 1.54) is 0 Å². The Morgan fingerprint density at radius 1 is 1.27 bits per heavy atom. The van der Waals surface area contributed by atoms with Gasteiger partial charge < -0.3 is 9.67 Å². The van der Waals surface area contributed by atoms with E-state index in [0.29, 0.717) is 31.3 Å². The zero-order valence-electron chi connectivity index (χ0n) is 11.6. The second-order valence-corrected chi connectivity index (χ2v) is 6.29. The minimum absolute atomic E-state index is 0.135. The maximum absolute atomic E-state index is 12.7. The van der Waals surface area contributed by atoms with Gasteiger partial charge in [0.25, 0.3) is 0 Å². The lowest BCUT2D eigenvalue weighted by Gasteiger charge is -2.15. The molecule has 0 aliphatic rings. The molecule has 0 spiro atoms. The normalized spacial score (nSPS) is 11.2. The summed E-state index contributed by atoms with van der Waals surface area (Å²) in [6, 6.07) is 8.63. The highest BCUT2D eigenvalue weighted by Gasteiger charge is 2.16. The summed E-state index contributed by atoms with van der Waals surface area (Å²) in [5.41, 5.74) is 1.90. The Balaban J connectivity index is 2.64. The van der Waals surface area contributed by atoms with Crippen molar-refractivity contribution in [3.05, 3.63) is 55.6 Å². The summed E-state index contributed by atoms with van der Waals surface area (Å²) in [6.07, 6.45) is 0. The molecule has 0 aliphatic carbocycles. The summed E-state index contributed by atoms with van der Waals surface area (Å²) in [5.74, 6) is -0.986. The maximum atomic E-state index is 12.7. The van der Waals surface area contributed by atoms with Gasteiger partial charge in [-0.3, -0.25) is 9.59 Å². The van der Waals surface area contributed by atoms with Gasteiger partial charge in [-0.25, -0.2) is 0 Å². The second kappa shape index (κ2) is 5.41. The Morgan fingerprint density at radius 2 is 1.95 bits per heavy atom. The molecule has 0 saturated carbocycles. The Kier molecular flexibility index (Phi) is 3.70. The number of aliphatic carboxylic acids is 1. The number of benzene rings is 2. The zero-order chi connectivity index (χ0) is 16.0. The van der Waals surface area contributed by atoms with Crippen LogP contribution in [0.25, 0.3) is 21.8 Å². The fourth-order valence-corrected chi connectivity index (χ4v) is 3.32. The van der Waals surface area contributed by atoms with E-state index in [2.05, 4.69) is 15.9 Å². The number of carboxylic acids is 1. The summed E-state index contributed by atoms with van der Waals surface area (Å²) in [4.78, 5) is 24.0. The lowest BCUT2D eigenvalue weighted by Crippen LogP contribution is -2.16. The van der Waals surface area contributed by atoms with E-state index in [1.807, 2.05) is 19.1 Å². The van der Waals surface area contributed by atoms with Crippen molar-refractivity contribution in [1.29, 1.82) is 0 Å². The van der Waals surface area contributed by atoms with Crippen molar-refractivity contribution in [1.82, 2.24) is 4.57 Å². The first kappa shape index (κ1) is 15.1. The summed E-state index contributed by atoms with van der Waals surface area (Å²) in [5, 5.41) is 10.6. The van der Waals surface area contributed by atoms with Crippen LogP contribution in [0.3, 0.4) is 0 Å². The number of pyridine rings is 1. The number of aromatic nitrogens is 1. The van der Waals surface area contributed by atoms with Crippen molar-refractivity contribution in [2.45, 2.75) is 13.5 Å². The number of halogens is 2. The largest absolute Gasteiger partial charge is 0.480 e. The van der Waals surface area contributed by atoms with Crippen LogP contribution in [0.2, 0.25) is 5.02 Å². The van der Waals surface area contributed by atoms with Crippen LogP contribution >= 0.6 is 27.5 Å². The average molecular weight is 381 g/mol. The second-order valence-electron chi connectivity index (χ2n) is 5.09. The van der Waals surface area contributed by atoms with E-state index in [1.54, 1.807) is 22.8 Å². The number of fused-ring (bicyclic) bond motifs is 2. The highest BCUT2D eigenvalue weighted by molar-refractivity contribution is 9.10. The van der Waals surface area contributed by atoms with Gasteiger partial charge in [0.1, 0.15) is 6.54 Å². The highest BCUT2D eigenvalue weighted by Crippen LogP contribution is 2.32. The van der Waals surface area contributed by atoms with Crippen LogP contribution in [-0.4, -0.2) is 15.6 Å². The molecule has 22 heavy (non-hydrogen) atoms. The molecule has 0 unspecified atom stereocenters. The monoisotopic (exact) mass is 379 g/mol. The standard InChI is InChI=1S/C16H11BrClNO3/c1-8-2-3-9-12(6-8)19(7-13(20)21)15-10(16(9)22)4-5-11(18)14(15)17/h2-6H,7H2,1H3,(H,20,21). The van der Waals surface area contributed by atoms with Gasteiger partial charge in [-0.05, 0) is 52.7 Å². The molecule has 0 fully saturated rings. The topological polar surface area (TPSA) is 59.3 Å².